The van der Waals surface area contributed by atoms with E-state index in [9.17, 15) is 9.59 Å². The van der Waals surface area contributed by atoms with Gasteiger partial charge in [-0.1, -0.05) is 18.2 Å². The van der Waals surface area contributed by atoms with Crippen LogP contribution in [-0.2, 0) is 9.53 Å². The molecular weight excluding hydrogens is 358 g/mol. The highest BCUT2D eigenvalue weighted by atomic mass is 16.5. The lowest BCUT2D eigenvalue weighted by Crippen LogP contribution is -2.43. The largest absolute Gasteiger partial charge is 0.373 e. The summed E-state index contributed by atoms with van der Waals surface area (Å²) in [4.78, 5) is 31.4. The number of rotatable bonds is 5. The van der Waals surface area contributed by atoms with Crippen molar-refractivity contribution < 1.29 is 14.3 Å². The minimum atomic E-state index is -0.228. The van der Waals surface area contributed by atoms with E-state index in [1.807, 2.05) is 18.2 Å². The highest BCUT2D eigenvalue weighted by molar-refractivity contribution is 5.98. The predicted octanol–water partition coefficient (Wildman–Crippen LogP) is 1.19. The summed E-state index contributed by atoms with van der Waals surface area (Å²) in [5, 5.41) is 7.20. The summed E-state index contributed by atoms with van der Waals surface area (Å²) in [6, 6.07) is 7.27. The van der Waals surface area contributed by atoms with E-state index in [2.05, 4.69) is 22.0 Å². The zero-order chi connectivity index (χ0) is 19.5. The van der Waals surface area contributed by atoms with Gasteiger partial charge in [0.15, 0.2) is 0 Å². The van der Waals surface area contributed by atoms with E-state index in [0.717, 1.165) is 6.42 Å². The number of likely N-dealkylation sites (tertiary alicyclic amines) is 1. The fourth-order valence-corrected chi connectivity index (χ4v) is 3.85. The molecule has 2 aliphatic rings. The Hall–Kier alpha value is -3.00. The van der Waals surface area contributed by atoms with Crippen molar-refractivity contribution in [1.82, 2.24) is 25.0 Å². The summed E-state index contributed by atoms with van der Waals surface area (Å²) in [5.74, 6) is -0.295. The molecule has 8 heteroatoms. The molecule has 3 atom stereocenters. The lowest BCUT2D eigenvalue weighted by molar-refractivity contribution is -0.126. The molecule has 0 radical (unpaired) electrons. The fraction of sp³-hybridized carbons (Fsp3) is 0.400. The van der Waals surface area contributed by atoms with Crippen LogP contribution in [0.2, 0.25) is 0 Å². The van der Waals surface area contributed by atoms with Crippen LogP contribution in [0, 0.1) is 5.92 Å². The molecule has 0 spiro atoms. The zero-order valence-corrected chi connectivity index (χ0v) is 15.5. The van der Waals surface area contributed by atoms with Gasteiger partial charge in [0.2, 0.25) is 5.91 Å². The Morgan fingerprint density at radius 3 is 2.93 bits per heavy atom. The molecule has 2 saturated heterocycles. The second-order valence-electron chi connectivity index (χ2n) is 7.07. The number of aromatic nitrogens is 3. The molecule has 8 nitrogen and oxygen atoms in total. The van der Waals surface area contributed by atoms with E-state index in [0.29, 0.717) is 37.4 Å². The Morgan fingerprint density at radius 2 is 2.14 bits per heavy atom. The summed E-state index contributed by atoms with van der Waals surface area (Å²) < 4.78 is 7.09. The second-order valence-corrected chi connectivity index (χ2v) is 7.07. The first-order valence-corrected chi connectivity index (χ1v) is 9.45. The number of carbonyl (C=O) groups is 2. The molecule has 1 N–H and O–H groups in total. The number of ether oxygens (including phenoxy) is 1. The van der Waals surface area contributed by atoms with E-state index in [1.165, 1.54) is 6.33 Å². The molecule has 28 heavy (non-hydrogen) atoms. The summed E-state index contributed by atoms with van der Waals surface area (Å²) in [6.45, 7) is 5.40. The smallest absolute Gasteiger partial charge is 0.256 e. The minimum Gasteiger partial charge on any atom is -0.373 e. The third-order valence-corrected chi connectivity index (χ3v) is 5.33. The second kappa shape index (κ2) is 7.93. The summed E-state index contributed by atoms with van der Waals surface area (Å²) in [6.07, 6.45) is 5.89. The maximum atomic E-state index is 13.1. The first kappa shape index (κ1) is 18.4. The molecule has 2 aromatic rings. The molecule has 0 aliphatic carbocycles. The molecule has 2 fully saturated rings. The van der Waals surface area contributed by atoms with Gasteiger partial charge in [-0.2, -0.15) is 5.10 Å². The summed E-state index contributed by atoms with van der Waals surface area (Å²) in [5.41, 5.74) is 1.25. The van der Waals surface area contributed by atoms with Crippen molar-refractivity contribution in [1.29, 1.82) is 0 Å². The number of nitrogens with zero attached hydrogens (tertiary/aromatic N) is 4. The molecule has 3 heterocycles. The predicted molar refractivity (Wildman–Crippen MR) is 102 cm³/mol. The van der Waals surface area contributed by atoms with Crippen LogP contribution in [-0.4, -0.2) is 63.3 Å². The maximum absolute atomic E-state index is 13.1. The van der Waals surface area contributed by atoms with Crippen LogP contribution in [0.15, 0.2) is 49.6 Å². The van der Waals surface area contributed by atoms with Crippen LogP contribution in [0.1, 0.15) is 23.2 Å². The van der Waals surface area contributed by atoms with Crippen molar-refractivity contribution in [3.63, 3.8) is 0 Å². The Balaban J connectivity index is 1.42. The SMILES string of the molecule is C=C[C@@H]1OCC[C@H]1C(=O)N[C@@H]1CCN(C(=O)c2ccccc2-n2cncn2)C1. The van der Waals surface area contributed by atoms with Crippen molar-refractivity contribution in [3.05, 3.63) is 55.1 Å². The molecular formula is C20H23N5O3. The van der Waals surface area contributed by atoms with E-state index in [4.69, 9.17) is 4.74 Å². The van der Waals surface area contributed by atoms with Gasteiger partial charge in [0.1, 0.15) is 12.7 Å². The molecule has 0 unspecified atom stereocenters. The van der Waals surface area contributed by atoms with Crippen molar-refractivity contribution in [2.75, 3.05) is 19.7 Å². The van der Waals surface area contributed by atoms with Crippen LogP contribution in [0.5, 0.6) is 0 Å². The van der Waals surface area contributed by atoms with E-state index in [1.54, 1.807) is 28.1 Å². The maximum Gasteiger partial charge on any atom is 0.256 e. The van der Waals surface area contributed by atoms with Crippen LogP contribution in [0.25, 0.3) is 5.69 Å². The summed E-state index contributed by atoms with van der Waals surface area (Å²) in [7, 11) is 0. The van der Waals surface area contributed by atoms with E-state index < -0.39 is 0 Å². The standard InChI is InChI=1S/C20H23N5O3/c1-2-18-16(8-10-28-18)19(26)23-14-7-9-24(11-14)20(27)15-5-3-4-6-17(15)25-13-21-12-22-25/h2-6,12-14,16,18H,1,7-11H2,(H,23,26)/t14-,16-,18+/m1/s1. The third kappa shape index (κ3) is 3.55. The first-order valence-electron chi connectivity index (χ1n) is 9.45. The zero-order valence-electron chi connectivity index (χ0n) is 15.5. The molecule has 0 bridgehead atoms. The number of hydrogen-bond acceptors (Lipinski definition) is 5. The highest BCUT2D eigenvalue weighted by Gasteiger charge is 2.35. The van der Waals surface area contributed by atoms with Crippen molar-refractivity contribution >= 4 is 11.8 Å². The van der Waals surface area contributed by atoms with Crippen LogP contribution in [0.3, 0.4) is 0 Å². The first-order chi connectivity index (χ1) is 13.7. The van der Waals surface area contributed by atoms with Gasteiger partial charge in [0.25, 0.3) is 5.91 Å². The van der Waals surface area contributed by atoms with Crippen molar-refractivity contribution in [3.8, 4) is 5.69 Å². The fourth-order valence-electron chi connectivity index (χ4n) is 3.85. The summed E-state index contributed by atoms with van der Waals surface area (Å²) >= 11 is 0. The van der Waals surface area contributed by atoms with Gasteiger partial charge >= 0.3 is 0 Å². The number of benzene rings is 1. The lowest BCUT2D eigenvalue weighted by Gasteiger charge is -2.20. The molecule has 1 aromatic heterocycles. The van der Waals surface area contributed by atoms with Gasteiger partial charge < -0.3 is 15.0 Å². The third-order valence-electron chi connectivity index (χ3n) is 5.33. The molecule has 2 aliphatic heterocycles. The molecule has 0 saturated carbocycles. The Bertz CT molecular complexity index is 866. The van der Waals surface area contributed by atoms with Crippen molar-refractivity contribution in [2.24, 2.45) is 5.92 Å². The number of nitrogens with one attached hydrogen (secondary N) is 1. The molecule has 4 rings (SSSR count). The minimum absolute atomic E-state index is 0.0234. The van der Waals surface area contributed by atoms with Gasteiger partial charge in [-0.3, -0.25) is 9.59 Å². The monoisotopic (exact) mass is 381 g/mol. The van der Waals surface area contributed by atoms with Crippen LogP contribution in [0.4, 0.5) is 0 Å². The number of amides is 2. The highest BCUT2D eigenvalue weighted by Crippen LogP contribution is 2.23. The number of carbonyl (C=O) groups excluding carboxylic acids is 2. The number of hydrogen-bond donors (Lipinski definition) is 1. The van der Waals surface area contributed by atoms with Gasteiger partial charge in [-0.15, -0.1) is 6.58 Å². The van der Waals surface area contributed by atoms with Crippen molar-refractivity contribution in [2.45, 2.75) is 25.0 Å². The van der Waals surface area contributed by atoms with Gasteiger partial charge in [0.05, 0.1) is 23.3 Å². The molecule has 1 aromatic carbocycles. The van der Waals surface area contributed by atoms with Gasteiger partial charge in [-0.25, -0.2) is 9.67 Å². The molecule has 146 valence electrons. The van der Waals surface area contributed by atoms with Crippen LogP contribution < -0.4 is 5.32 Å². The topological polar surface area (TPSA) is 89.4 Å². The molecule has 2 amide bonds. The Morgan fingerprint density at radius 1 is 1.29 bits per heavy atom. The van der Waals surface area contributed by atoms with Gasteiger partial charge in [-0.05, 0) is 25.0 Å². The average Bonchev–Trinajstić information content (AvgIpc) is 3.48. The normalized spacial score (nSPS) is 24.3. The van der Waals surface area contributed by atoms with E-state index >= 15 is 0 Å². The van der Waals surface area contributed by atoms with Gasteiger partial charge in [0, 0.05) is 25.7 Å². The number of para-hydroxylation sites is 1. The Kier molecular flexibility index (Phi) is 5.21. The lowest BCUT2D eigenvalue weighted by atomic mass is 10.00. The Labute approximate surface area is 163 Å². The van der Waals surface area contributed by atoms with Crippen LogP contribution >= 0.6 is 0 Å². The van der Waals surface area contributed by atoms with E-state index in [-0.39, 0.29) is 29.9 Å². The average molecular weight is 381 g/mol. The quantitative estimate of drug-likeness (QED) is 0.786.